The van der Waals surface area contributed by atoms with E-state index in [1.54, 1.807) is 112 Å². The molecule has 2 N–H and O–H groups in total. The quantitative estimate of drug-likeness (QED) is 0.0351. The third-order valence-corrected chi connectivity index (χ3v) is 13.3. The molecule has 0 amide bonds. The smallest absolute Gasteiger partial charge is 0.497 e. The normalized spacial score (nSPS) is 9.70. The second kappa shape index (κ2) is 39.0. The van der Waals surface area contributed by atoms with Gasteiger partial charge in [-0.3, -0.25) is 24.0 Å². The first-order valence-corrected chi connectivity index (χ1v) is 27.9. The number of esters is 1. The van der Waals surface area contributed by atoms with Gasteiger partial charge in [-0.1, -0.05) is 107 Å². The summed E-state index contributed by atoms with van der Waals surface area (Å²) in [4.78, 5) is 66.1. The third kappa shape index (κ3) is 23.6. The Kier molecular flexibility index (Phi) is 32.2. The van der Waals surface area contributed by atoms with Gasteiger partial charge in [-0.25, -0.2) is 4.79 Å². The second-order valence-corrected chi connectivity index (χ2v) is 19.3. The molecule has 8 aromatic carbocycles. The maximum Gasteiger partial charge on any atom is 0.507 e. The highest BCUT2D eigenvalue weighted by Crippen LogP contribution is 2.36. The molecule has 8 rings (SSSR count). The van der Waals surface area contributed by atoms with Crippen molar-refractivity contribution in [3.8, 4) is 79.4 Å². The van der Waals surface area contributed by atoms with Crippen LogP contribution >= 0.6 is 15.9 Å². The number of Topliss-reactive ketones (excluding diaryl/α,β-unsaturated/α-hetero) is 4. The van der Waals surface area contributed by atoms with Crippen molar-refractivity contribution in [1.82, 2.24) is 0 Å². The lowest BCUT2D eigenvalue weighted by molar-refractivity contribution is -0.139. The molecule has 19 nitrogen and oxygen atoms in total. The lowest BCUT2D eigenvalue weighted by Crippen LogP contribution is -2.31. The molecule has 0 bridgehead atoms. The summed E-state index contributed by atoms with van der Waals surface area (Å²) in [5.74, 6) is 4.80. The van der Waals surface area contributed by atoms with E-state index in [-0.39, 0.29) is 29.6 Å². The number of benzene rings is 8. The van der Waals surface area contributed by atoms with E-state index in [9.17, 15) is 28.8 Å². The molecule has 0 aromatic heterocycles. The summed E-state index contributed by atoms with van der Waals surface area (Å²) in [6.45, 7) is 4.68. The van der Waals surface area contributed by atoms with E-state index in [1.165, 1.54) is 35.5 Å². The average molecular weight is 1300 g/mol. The number of carbonyl (C=O) groups is 6. The molecule has 474 valence electrons. The van der Waals surface area contributed by atoms with Gasteiger partial charge in [0, 0.05) is 73.1 Å². The first kappa shape index (κ1) is 74.3. The maximum atomic E-state index is 11.9. The van der Waals surface area contributed by atoms with E-state index in [0.29, 0.717) is 45.2 Å². The van der Waals surface area contributed by atoms with Crippen molar-refractivity contribution in [2.24, 2.45) is 0 Å². The van der Waals surface area contributed by atoms with Crippen molar-refractivity contribution in [3.63, 3.8) is 0 Å². The topological polar surface area (TPSA) is 244 Å². The zero-order valence-electron chi connectivity index (χ0n) is 52.7. The second-order valence-electron chi connectivity index (χ2n) is 18.4. The molecule has 0 aliphatic rings. The Morgan fingerprint density at radius 1 is 0.356 bits per heavy atom. The van der Waals surface area contributed by atoms with Crippen LogP contribution in [0.5, 0.6) is 46.0 Å². The van der Waals surface area contributed by atoms with Crippen LogP contribution in [-0.2, 0) is 19.0 Å². The highest BCUT2D eigenvalue weighted by atomic mass is 79.9. The van der Waals surface area contributed by atoms with Crippen LogP contribution in [0.4, 0.5) is 4.79 Å². The highest BCUT2D eigenvalue weighted by Gasteiger charge is 2.18. The van der Waals surface area contributed by atoms with Gasteiger partial charge < -0.3 is 62.2 Å². The minimum Gasteiger partial charge on any atom is -0.497 e. The van der Waals surface area contributed by atoms with Crippen molar-refractivity contribution >= 4 is 63.8 Å². The van der Waals surface area contributed by atoms with Crippen molar-refractivity contribution in [2.75, 3.05) is 78.2 Å². The molecule has 90 heavy (non-hydrogen) atoms. The SMILES string of the molecule is CC(=O)c1ccc(Br)cc1.COC(=O)CC(=O)c1ccc(-c2ccc(OC)cc2OC)cc1.COC(=O)OC.COc1ccc(-c2ccc(C(C)=O)cc2)c(OC)c1.COc1ccc(-c2ccc(C(C)=O)cc2)c(OC)c1.COc1ccc(B(O)O)c(OC)c1. The van der Waals surface area contributed by atoms with Gasteiger partial charge >= 0.3 is 19.2 Å². The van der Waals surface area contributed by atoms with Crippen LogP contribution in [0, 0.1) is 0 Å². The Bertz CT molecular complexity index is 3480. The van der Waals surface area contributed by atoms with Gasteiger partial charge in [-0.05, 0) is 92.1 Å². The minimum absolute atomic E-state index is 0.0632. The Balaban J connectivity index is 0.000000293. The van der Waals surface area contributed by atoms with E-state index in [1.807, 2.05) is 121 Å². The Morgan fingerprint density at radius 3 is 0.900 bits per heavy atom. The number of hydrogen-bond acceptors (Lipinski definition) is 19. The van der Waals surface area contributed by atoms with E-state index < -0.39 is 19.2 Å². The summed E-state index contributed by atoms with van der Waals surface area (Å²) >= 11 is 3.28. The van der Waals surface area contributed by atoms with Crippen molar-refractivity contribution in [1.29, 1.82) is 0 Å². The van der Waals surface area contributed by atoms with Crippen LogP contribution in [-0.4, -0.2) is 131 Å². The molecular formula is C69H74BBrO19. The van der Waals surface area contributed by atoms with Gasteiger partial charge in [0.1, 0.15) is 52.4 Å². The van der Waals surface area contributed by atoms with E-state index in [2.05, 4.69) is 30.1 Å². The molecule has 0 atom stereocenters. The fraction of sp³-hybridized carbons (Fsp3) is 0.217. The van der Waals surface area contributed by atoms with Gasteiger partial charge in [0.25, 0.3) is 0 Å². The van der Waals surface area contributed by atoms with Gasteiger partial charge in [-0.2, -0.15) is 0 Å². The van der Waals surface area contributed by atoms with Crippen molar-refractivity contribution in [3.05, 3.63) is 197 Å². The Morgan fingerprint density at radius 2 is 0.644 bits per heavy atom. The molecule has 8 aromatic rings. The average Bonchev–Trinajstić information content (AvgIpc) is 2.15. The number of methoxy groups -OCH3 is 11. The molecule has 0 unspecified atom stereocenters. The predicted molar refractivity (Wildman–Crippen MR) is 349 cm³/mol. The molecular weight excluding hydrogens is 1220 g/mol. The van der Waals surface area contributed by atoms with Crippen LogP contribution in [0.25, 0.3) is 33.4 Å². The molecule has 0 spiro atoms. The summed E-state index contributed by atoms with van der Waals surface area (Å²) < 4.78 is 55.1. The molecule has 21 heteroatoms. The standard InChI is InChI=1S/C18H18O5.2C16H16O3.C8H11BO4.C8H7BrO.C3H6O3/c1-21-14-8-9-15(17(10-14)22-2)12-4-6-13(7-5-12)16(19)11-18(20)23-3;2*1-11(17)12-4-6-13(7-5-12)15-9-8-14(18-2)10-16(15)19-3;1-12-6-3-4-7(9(10)11)8(5-6)13-2;1-6(10)7-2-4-8(9)5-3-7;1-5-3(4)6-2/h4-10H,11H2,1-3H3;2*4-10H,1-3H3;3-5,10-11H,1-2H3;2-5H,1H3;1-2H3. The summed E-state index contributed by atoms with van der Waals surface area (Å²) in [6.07, 6.45) is -0.920. The maximum absolute atomic E-state index is 11.9. The van der Waals surface area contributed by atoms with E-state index in [0.717, 1.165) is 66.4 Å². The molecule has 0 radical (unpaired) electrons. The van der Waals surface area contributed by atoms with E-state index >= 15 is 0 Å². The molecule has 0 aliphatic carbocycles. The van der Waals surface area contributed by atoms with Gasteiger partial charge in [0.2, 0.25) is 0 Å². The number of ether oxygens (including phenoxy) is 11. The summed E-state index contributed by atoms with van der Waals surface area (Å²) in [7, 11) is 14.9. The molecule has 0 saturated carbocycles. The van der Waals surface area contributed by atoms with Crippen molar-refractivity contribution < 1.29 is 90.9 Å². The summed E-state index contributed by atoms with van der Waals surface area (Å²) in [5, 5.41) is 17.9. The Hall–Kier alpha value is -9.96. The number of carbonyl (C=O) groups excluding carboxylic acids is 6. The zero-order valence-corrected chi connectivity index (χ0v) is 54.2. The van der Waals surface area contributed by atoms with Crippen LogP contribution < -0.4 is 43.4 Å². The number of hydrogen-bond donors (Lipinski definition) is 2. The fourth-order valence-electron chi connectivity index (χ4n) is 7.82. The summed E-state index contributed by atoms with van der Waals surface area (Å²) in [5.41, 5.74) is 8.69. The molecule has 0 saturated heterocycles. The summed E-state index contributed by atoms with van der Waals surface area (Å²) in [6, 6.07) is 50.9. The van der Waals surface area contributed by atoms with Crippen molar-refractivity contribution in [2.45, 2.75) is 27.2 Å². The van der Waals surface area contributed by atoms with Crippen LogP contribution in [0.2, 0.25) is 0 Å². The Labute approximate surface area is 533 Å². The highest BCUT2D eigenvalue weighted by molar-refractivity contribution is 9.10. The lowest BCUT2D eigenvalue weighted by Gasteiger charge is -2.11. The monoisotopic (exact) mass is 1300 g/mol. The van der Waals surface area contributed by atoms with Crippen LogP contribution in [0.1, 0.15) is 68.6 Å². The molecule has 0 fully saturated rings. The molecule has 0 heterocycles. The number of halogens is 1. The van der Waals surface area contributed by atoms with Gasteiger partial charge in [0.05, 0.1) is 78.2 Å². The first-order chi connectivity index (χ1) is 43.1. The fourth-order valence-corrected chi connectivity index (χ4v) is 8.09. The van der Waals surface area contributed by atoms with Gasteiger partial charge in [-0.15, -0.1) is 0 Å². The number of rotatable bonds is 18. The molecule has 0 aliphatic heterocycles. The van der Waals surface area contributed by atoms with Crippen LogP contribution in [0.15, 0.2) is 174 Å². The number of ketones is 4. The third-order valence-electron chi connectivity index (χ3n) is 12.8. The van der Waals surface area contributed by atoms with E-state index in [4.69, 9.17) is 47.9 Å². The minimum atomic E-state index is -1.53. The van der Waals surface area contributed by atoms with Gasteiger partial charge in [0.15, 0.2) is 23.1 Å². The predicted octanol–water partition coefficient (Wildman–Crippen LogP) is 12.7. The largest absolute Gasteiger partial charge is 0.507 e. The zero-order chi connectivity index (χ0) is 66.9. The van der Waals surface area contributed by atoms with Crippen LogP contribution in [0.3, 0.4) is 0 Å². The first-order valence-electron chi connectivity index (χ1n) is 27.1. The lowest BCUT2D eigenvalue weighted by atomic mass is 9.79.